The number of aryl methyl sites for hydroxylation is 1. The summed E-state index contributed by atoms with van der Waals surface area (Å²) in [6.07, 6.45) is 3.92. The third kappa shape index (κ3) is 4.19. The topological polar surface area (TPSA) is 95.8 Å². The molecule has 0 unspecified atom stereocenters. The van der Waals surface area contributed by atoms with Crippen molar-refractivity contribution in [3.63, 3.8) is 0 Å². The molecule has 10 heteroatoms. The van der Waals surface area contributed by atoms with Crippen LogP contribution in [0.4, 0.5) is 17.3 Å². The molecule has 4 heterocycles. The molecule has 1 saturated heterocycles. The third-order valence-corrected chi connectivity index (χ3v) is 6.99. The van der Waals surface area contributed by atoms with Crippen LogP contribution in [0.5, 0.6) is 11.5 Å². The van der Waals surface area contributed by atoms with Gasteiger partial charge < -0.3 is 24.6 Å². The highest BCUT2D eigenvalue weighted by Crippen LogP contribution is 2.36. The minimum atomic E-state index is 0.651. The molecule has 1 fully saturated rings. The summed E-state index contributed by atoms with van der Waals surface area (Å²) in [5.41, 5.74) is 5.39. The molecule has 0 bridgehead atoms. The number of benzene rings is 2. The van der Waals surface area contributed by atoms with Gasteiger partial charge in [-0.3, -0.25) is 9.50 Å². The quantitative estimate of drug-likeness (QED) is 0.361. The van der Waals surface area contributed by atoms with E-state index in [-0.39, 0.29) is 0 Å². The summed E-state index contributed by atoms with van der Waals surface area (Å²) in [5.74, 6) is 3.11. The smallest absolute Gasteiger partial charge is 0.162 e. The van der Waals surface area contributed by atoms with Crippen LogP contribution in [0, 0.1) is 6.92 Å². The van der Waals surface area contributed by atoms with Gasteiger partial charge in [0, 0.05) is 54.6 Å². The fraction of sp³-hybridized carbons (Fsp3) is 0.296. The molecule has 0 radical (unpaired) electrons. The van der Waals surface area contributed by atoms with Crippen LogP contribution in [0.1, 0.15) is 5.69 Å². The zero-order chi connectivity index (χ0) is 25.5. The molecular weight excluding hydrogens is 468 g/mol. The fourth-order valence-electron chi connectivity index (χ4n) is 4.80. The molecule has 1 aliphatic heterocycles. The number of aromatic nitrogens is 5. The number of ether oxygens (including phenoxy) is 2. The Morgan fingerprint density at radius 2 is 1.78 bits per heavy atom. The van der Waals surface area contributed by atoms with Crippen molar-refractivity contribution in [2.75, 3.05) is 57.7 Å². The number of methoxy groups -OCH3 is 2. The van der Waals surface area contributed by atoms with E-state index < -0.39 is 0 Å². The molecule has 6 rings (SSSR count). The van der Waals surface area contributed by atoms with Crippen molar-refractivity contribution in [1.82, 2.24) is 29.5 Å². The summed E-state index contributed by atoms with van der Waals surface area (Å²) in [4.78, 5) is 14.4. The highest BCUT2D eigenvalue weighted by Gasteiger charge is 2.20. The highest BCUT2D eigenvalue weighted by molar-refractivity contribution is 5.89. The number of H-pyrrole nitrogens is 1. The summed E-state index contributed by atoms with van der Waals surface area (Å²) in [7, 11) is 5.42. The first-order valence-electron chi connectivity index (χ1n) is 12.3. The van der Waals surface area contributed by atoms with E-state index in [9.17, 15) is 0 Å². The molecule has 0 amide bonds. The maximum Gasteiger partial charge on any atom is 0.162 e. The van der Waals surface area contributed by atoms with E-state index >= 15 is 0 Å². The largest absolute Gasteiger partial charge is 0.493 e. The van der Waals surface area contributed by atoms with Gasteiger partial charge in [-0.25, -0.2) is 9.97 Å². The van der Waals surface area contributed by atoms with Crippen molar-refractivity contribution < 1.29 is 9.47 Å². The number of hydrogen-bond acceptors (Lipinski definition) is 8. The number of nitrogens with one attached hydrogen (secondary N) is 2. The van der Waals surface area contributed by atoms with Crippen LogP contribution in [0.15, 0.2) is 48.8 Å². The lowest BCUT2D eigenvalue weighted by Crippen LogP contribution is -2.44. The second-order valence-corrected chi connectivity index (χ2v) is 9.35. The van der Waals surface area contributed by atoms with E-state index in [2.05, 4.69) is 55.1 Å². The average Bonchev–Trinajstić information content (AvgIpc) is 3.48. The lowest BCUT2D eigenvalue weighted by molar-refractivity contribution is 0.312. The SMILES string of the molecule is COc1ccc(Nc2c(-c3ccc4n[nH]c(C)c4c3)nc3cnc(N4CCN(C)CC4)cn23)cc1OC. The van der Waals surface area contributed by atoms with Crippen molar-refractivity contribution in [2.45, 2.75) is 6.92 Å². The summed E-state index contributed by atoms with van der Waals surface area (Å²) < 4.78 is 13.1. The van der Waals surface area contributed by atoms with Gasteiger partial charge in [-0.1, -0.05) is 6.07 Å². The Labute approximate surface area is 214 Å². The summed E-state index contributed by atoms with van der Waals surface area (Å²) in [5, 5.41) is 12.1. The molecule has 2 N–H and O–H groups in total. The third-order valence-electron chi connectivity index (χ3n) is 6.99. The molecule has 0 aliphatic carbocycles. The van der Waals surface area contributed by atoms with Gasteiger partial charge in [-0.2, -0.15) is 5.10 Å². The second-order valence-electron chi connectivity index (χ2n) is 9.35. The Morgan fingerprint density at radius 1 is 0.973 bits per heavy atom. The lowest BCUT2D eigenvalue weighted by atomic mass is 10.1. The zero-order valence-corrected chi connectivity index (χ0v) is 21.4. The molecule has 1 aliphatic rings. The van der Waals surface area contributed by atoms with E-state index in [1.807, 2.05) is 37.4 Å². The summed E-state index contributed by atoms with van der Waals surface area (Å²) in [6.45, 7) is 5.92. The van der Waals surface area contributed by atoms with Gasteiger partial charge in [0.2, 0.25) is 0 Å². The van der Waals surface area contributed by atoms with Crippen LogP contribution in [-0.2, 0) is 0 Å². The Morgan fingerprint density at radius 3 is 2.57 bits per heavy atom. The molecule has 0 atom stereocenters. The van der Waals surface area contributed by atoms with Crippen LogP contribution in [-0.4, -0.2) is 76.9 Å². The first-order valence-corrected chi connectivity index (χ1v) is 12.3. The van der Waals surface area contributed by atoms with E-state index in [1.54, 1.807) is 14.2 Å². The number of nitrogens with zero attached hydrogens (tertiary/aromatic N) is 6. The van der Waals surface area contributed by atoms with E-state index in [0.29, 0.717) is 11.5 Å². The van der Waals surface area contributed by atoms with Gasteiger partial charge in [0.25, 0.3) is 0 Å². The van der Waals surface area contributed by atoms with Gasteiger partial charge in [0.05, 0.1) is 32.1 Å². The molecule has 37 heavy (non-hydrogen) atoms. The summed E-state index contributed by atoms with van der Waals surface area (Å²) in [6, 6.07) is 12.0. The van der Waals surface area contributed by atoms with Crippen LogP contribution >= 0.6 is 0 Å². The van der Waals surface area contributed by atoms with Gasteiger partial charge in [0.15, 0.2) is 17.1 Å². The normalized spacial score (nSPS) is 14.4. The van der Waals surface area contributed by atoms with Crippen LogP contribution < -0.4 is 19.7 Å². The maximum atomic E-state index is 5.54. The minimum Gasteiger partial charge on any atom is -0.493 e. The molecule has 5 aromatic rings. The van der Waals surface area contributed by atoms with Crippen LogP contribution in [0.3, 0.4) is 0 Å². The van der Waals surface area contributed by atoms with E-state index in [0.717, 1.165) is 77.0 Å². The fourth-order valence-corrected chi connectivity index (χ4v) is 4.80. The van der Waals surface area contributed by atoms with Crippen molar-refractivity contribution in [3.05, 3.63) is 54.5 Å². The number of fused-ring (bicyclic) bond motifs is 2. The molecule has 190 valence electrons. The van der Waals surface area contributed by atoms with Gasteiger partial charge in [-0.15, -0.1) is 0 Å². The highest BCUT2D eigenvalue weighted by atomic mass is 16.5. The first-order chi connectivity index (χ1) is 18.0. The van der Waals surface area contributed by atoms with Crippen LogP contribution in [0.25, 0.3) is 27.8 Å². The number of likely N-dealkylation sites (N-methyl/N-ethyl adjacent to an activating group) is 1. The molecule has 3 aromatic heterocycles. The Bertz CT molecular complexity index is 1580. The standard InChI is InChI=1S/C27H30N8O2/c1-17-20-13-18(5-7-21(20)32-31-17)26-27(29-19-6-8-22(36-3)23(14-19)37-4)35-16-25(28-15-24(35)30-26)34-11-9-33(2)10-12-34/h5-8,13-16,29H,9-12H2,1-4H3,(H,31,32). The average molecular weight is 499 g/mol. The predicted octanol–water partition coefficient (Wildman–Crippen LogP) is 4.09. The van der Waals surface area contributed by atoms with Crippen molar-refractivity contribution >= 4 is 33.9 Å². The molecule has 0 spiro atoms. The number of piperazine rings is 1. The first kappa shape index (κ1) is 23.1. The Balaban J connectivity index is 1.49. The lowest BCUT2D eigenvalue weighted by Gasteiger charge is -2.33. The second kappa shape index (κ2) is 9.29. The van der Waals surface area contributed by atoms with Crippen molar-refractivity contribution in [1.29, 1.82) is 0 Å². The number of rotatable bonds is 6. The van der Waals surface area contributed by atoms with Crippen molar-refractivity contribution in [2.24, 2.45) is 0 Å². The number of imidazole rings is 1. The zero-order valence-electron chi connectivity index (χ0n) is 21.4. The number of aromatic amines is 1. The van der Waals surface area contributed by atoms with E-state index in [4.69, 9.17) is 19.4 Å². The van der Waals surface area contributed by atoms with Crippen molar-refractivity contribution in [3.8, 4) is 22.8 Å². The number of anilines is 3. The predicted molar refractivity (Wildman–Crippen MR) is 145 cm³/mol. The number of hydrogen-bond donors (Lipinski definition) is 2. The summed E-state index contributed by atoms with van der Waals surface area (Å²) >= 11 is 0. The minimum absolute atomic E-state index is 0.651. The molecule has 10 nitrogen and oxygen atoms in total. The molecule has 2 aromatic carbocycles. The maximum absolute atomic E-state index is 5.54. The van der Waals surface area contributed by atoms with Gasteiger partial charge in [-0.05, 0) is 38.2 Å². The molecule has 0 saturated carbocycles. The van der Waals surface area contributed by atoms with Gasteiger partial charge >= 0.3 is 0 Å². The van der Waals surface area contributed by atoms with E-state index in [1.165, 1.54) is 0 Å². The monoisotopic (exact) mass is 498 g/mol. The Kier molecular flexibility index (Phi) is 5.80. The molecular formula is C27H30N8O2. The van der Waals surface area contributed by atoms with Crippen LogP contribution in [0.2, 0.25) is 0 Å². The van der Waals surface area contributed by atoms with Gasteiger partial charge in [0.1, 0.15) is 17.3 Å². The Hall–Kier alpha value is -4.31.